The van der Waals surface area contributed by atoms with E-state index in [0.717, 1.165) is 18.4 Å². The number of carbonyl (C=O) groups excluding carboxylic acids is 2. The number of halogens is 2. The van der Waals surface area contributed by atoms with Crippen LogP contribution in [0.4, 0.5) is 0 Å². The van der Waals surface area contributed by atoms with E-state index in [-0.39, 0.29) is 25.0 Å². The normalized spacial score (nSPS) is 11.6. The van der Waals surface area contributed by atoms with Crippen LogP contribution < -0.4 is 10.1 Å². The van der Waals surface area contributed by atoms with Crippen LogP contribution in [0.2, 0.25) is 10.0 Å². The van der Waals surface area contributed by atoms with Gasteiger partial charge in [-0.15, -0.1) is 0 Å². The first-order chi connectivity index (χ1) is 14.5. The van der Waals surface area contributed by atoms with Crippen molar-refractivity contribution in [1.29, 1.82) is 0 Å². The Bertz CT molecular complexity index is 830. The Morgan fingerprint density at radius 2 is 1.80 bits per heavy atom. The molecule has 0 aromatic heterocycles. The number of para-hydroxylation sites is 1. The van der Waals surface area contributed by atoms with E-state index in [0.29, 0.717) is 28.8 Å². The van der Waals surface area contributed by atoms with Gasteiger partial charge < -0.3 is 15.0 Å². The molecule has 0 aliphatic rings. The molecule has 0 aliphatic heterocycles. The highest BCUT2D eigenvalue weighted by Gasteiger charge is 2.29. The second kappa shape index (κ2) is 12.5. The topological polar surface area (TPSA) is 58.6 Å². The van der Waals surface area contributed by atoms with Gasteiger partial charge in [-0.1, -0.05) is 67.7 Å². The highest BCUT2D eigenvalue weighted by atomic mass is 35.5. The van der Waals surface area contributed by atoms with Crippen molar-refractivity contribution < 1.29 is 14.3 Å². The number of ether oxygens (including phenoxy) is 1. The molecule has 0 radical (unpaired) electrons. The lowest BCUT2D eigenvalue weighted by atomic mass is 10.1. The maximum absolute atomic E-state index is 13.1. The van der Waals surface area contributed by atoms with E-state index in [2.05, 4.69) is 12.2 Å². The summed E-state index contributed by atoms with van der Waals surface area (Å²) in [5.74, 6) is 0.155. The van der Waals surface area contributed by atoms with E-state index in [9.17, 15) is 9.59 Å². The Kier molecular flexibility index (Phi) is 9.98. The Morgan fingerprint density at radius 1 is 1.07 bits per heavy atom. The summed E-state index contributed by atoms with van der Waals surface area (Å²) in [6, 6.07) is 13.7. The molecule has 0 heterocycles. The second-order valence-electron chi connectivity index (χ2n) is 6.94. The lowest BCUT2D eigenvalue weighted by molar-refractivity contribution is -0.143. The molecular weight excluding hydrogens is 423 g/mol. The average molecular weight is 451 g/mol. The molecule has 162 valence electrons. The Labute approximate surface area is 188 Å². The van der Waals surface area contributed by atoms with E-state index in [1.54, 1.807) is 35.2 Å². The summed E-state index contributed by atoms with van der Waals surface area (Å²) in [5, 5.41) is 3.77. The van der Waals surface area contributed by atoms with Crippen molar-refractivity contribution in [2.75, 3.05) is 13.2 Å². The predicted octanol–water partition coefficient (Wildman–Crippen LogP) is 5.10. The van der Waals surface area contributed by atoms with Crippen LogP contribution in [0.25, 0.3) is 0 Å². The molecule has 0 bridgehead atoms. The van der Waals surface area contributed by atoms with Crippen LogP contribution in [0.3, 0.4) is 0 Å². The number of rotatable bonds is 11. The molecule has 0 fully saturated rings. The standard InChI is InChI=1S/C23H28Cl2N2O3/c1-3-5-13-26-23(29)21(4-2)27(15-17-11-12-19(24)20(25)14-17)22(28)16-30-18-9-7-6-8-10-18/h6-12,14,21H,3-5,13,15-16H2,1-2H3,(H,26,29)/t21-/m1/s1. The van der Waals surface area contributed by atoms with Crippen molar-refractivity contribution in [3.63, 3.8) is 0 Å². The summed E-state index contributed by atoms with van der Waals surface area (Å²) >= 11 is 12.2. The highest BCUT2D eigenvalue weighted by Crippen LogP contribution is 2.24. The Balaban J connectivity index is 2.19. The quantitative estimate of drug-likeness (QED) is 0.484. The summed E-state index contributed by atoms with van der Waals surface area (Å²) in [5.41, 5.74) is 0.789. The summed E-state index contributed by atoms with van der Waals surface area (Å²) < 4.78 is 5.63. The first kappa shape index (κ1) is 24.0. The zero-order valence-corrected chi connectivity index (χ0v) is 18.9. The van der Waals surface area contributed by atoms with E-state index < -0.39 is 6.04 Å². The molecule has 0 unspecified atom stereocenters. The van der Waals surface area contributed by atoms with Gasteiger partial charge in [-0.2, -0.15) is 0 Å². The molecule has 2 aromatic carbocycles. The Hall–Kier alpha value is -2.24. The SMILES string of the molecule is CCCCNC(=O)[C@@H](CC)N(Cc1ccc(Cl)c(Cl)c1)C(=O)COc1ccccc1. The monoisotopic (exact) mass is 450 g/mol. The van der Waals surface area contributed by atoms with Gasteiger partial charge in [0.1, 0.15) is 11.8 Å². The zero-order valence-electron chi connectivity index (χ0n) is 17.4. The third-order valence-electron chi connectivity index (χ3n) is 4.66. The molecule has 30 heavy (non-hydrogen) atoms. The van der Waals surface area contributed by atoms with Crippen molar-refractivity contribution in [1.82, 2.24) is 10.2 Å². The van der Waals surface area contributed by atoms with Crippen LogP contribution in [0, 0.1) is 0 Å². The van der Waals surface area contributed by atoms with Crippen molar-refractivity contribution in [3.05, 3.63) is 64.1 Å². The number of amides is 2. The highest BCUT2D eigenvalue weighted by molar-refractivity contribution is 6.42. The summed E-state index contributed by atoms with van der Waals surface area (Å²) in [6.45, 7) is 4.60. The average Bonchev–Trinajstić information content (AvgIpc) is 2.75. The second-order valence-corrected chi connectivity index (χ2v) is 7.75. The van der Waals surface area contributed by atoms with Crippen molar-refractivity contribution in [3.8, 4) is 5.75 Å². The first-order valence-corrected chi connectivity index (χ1v) is 10.9. The van der Waals surface area contributed by atoms with E-state index >= 15 is 0 Å². The number of hydrogen-bond acceptors (Lipinski definition) is 3. The molecule has 7 heteroatoms. The lowest BCUT2D eigenvalue weighted by Crippen LogP contribution is -2.50. The molecule has 0 saturated heterocycles. The van der Waals surface area contributed by atoms with Gasteiger partial charge in [0, 0.05) is 13.1 Å². The summed E-state index contributed by atoms with van der Waals surface area (Å²) in [6.07, 6.45) is 2.35. The van der Waals surface area contributed by atoms with Crippen LogP contribution in [0.1, 0.15) is 38.7 Å². The molecule has 5 nitrogen and oxygen atoms in total. The molecule has 2 amide bonds. The Morgan fingerprint density at radius 3 is 2.43 bits per heavy atom. The van der Waals surface area contributed by atoms with Crippen LogP contribution in [-0.2, 0) is 16.1 Å². The zero-order chi connectivity index (χ0) is 21.9. The molecule has 1 atom stereocenters. The fourth-order valence-corrected chi connectivity index (χ4v) is 3.33. The number of hydrogen-bond donors (Lipinski definition) is 1. The largest absolute Gasteiger partial charge is 0.484 e. The molecule has 0 aliphatic carbocycles. The molecule has 2 rings (SSSR count). The smallest absolute Gasteiger partial charge is 0.261 e. The first-order valence-electron chi connectivity index (χ1n) is 10.1. The van der Waals surface area contributed by atoms with Crippen molar-refractivity contribution in [2.24, 2.45) is 0 Å². The van der Waals surface area contributed by atoms with E-state index in [1.807, 2.05) is 25.1 Å². The van der Waals surface area contributed by atoms with Gasteiger partial charge in [-0.05, 0) is 42.7 Å². The van der Waals surface area contributed by atoms with Crippen LogP contribution in [0.15, 0.2) is 48.5 Å². The van der Waals surface area contributed by atoms with Gasteiger partial charge in [0.2, 0.25) is 5.91 Å². The minimum Gasteiger partial charge on any atom is -0.484 e. The molecule has 0 spiro atoms. The number of unbranched alkanes of at least 4 members (excludes halogenated alkanes) is 1. The van der Waals surface area contributed by atoms with Gasteiger partial charge in [0.15, 0.2) is 6.61 Å². The summed E-state index contributed by atoms with van der Waals surface area (Å²) in [7, 11) is 0. The van der Waals surface area contributed by atoms with Gasteiger partial charge in [-0.3, -0.25) is 9.59 Å². The van der Waals surface area contributed by atoms with Crippen molar-refractivity contribution >= 4 is 35.0 Å². The molecule has 1 N–H and O–H groups in total. The van der Waals surface area contributed by atoms with Crippen LogP contribution in [0.5, 0.6) is 5.75 Å². The number of carbonyl (C=O) groups is 2. The van der Waals surface area contributed by atoms with Gasteiger partial charge in [0.05, 0.1) is 10.0 Å². The lowest BCUT2D eigenvalue weighted by Gasteiger charge is -2.30. The third kappa shape index (κ3) is 7.22. The number of benzene rings is 2. The van der Waals surface area contributed by atoms with Gasteiger partial charge >= 0.3 is 0 Å². The minimum absolute atomic E-state index is 0.163. The van der Waals surface area contributed by atoms with Gasteiger partial charge in [0.25, 0.3) is 5.91 Å². The van der Waals surface area contributed by atoms with E-state index in [4.69, 9.17) is 27.9 Å². The summed E-state index contributed by atoms with van der Waals surface area (Å²) in [4.78, 5) is 27.4. The predicted molar refractivity (Wildman–Crippen MR) is 121 cm³/mol. The third-order valence-corrected chi connectivity index (χ3v) is 5.40. The molecule has 2 aromatic rings. The van der Waals surface area contributed by atoms with Crippen LogP contribution >= 0.6 is 23.2 Å². The number of nitrogens with one attached hydrogen (secondary N) is 1. The maximum atomic E-state index is 13.1. The minimum atomic E-state index is -0.608. The fourth-order valence-electron chi connectivity index (χ4n) is 3.01. The van der Waals surface area contributed by atoms with Crippen molar-refractivity contribution in [2.45, 2.75) is 45.7 Å². The maximum Gasteiger partial charge on any atom is 0.261 e. The van der Waals surface area contributed by atoms with Gasteiger partial charge in [-0.25, -0.2) is 0 Å². The number of nitrogens with zero attached hydrogens (tertiary/aromatic N) is 1. The fraction of sp³-hybridized carbons (Fsp3) is 0.391. The molecule has 0 saturated carbocycles. The van der Waals surface area contributed by atoms with E-state index in [1.165, 1.54) is 0 Å². The van der Waals surface area contributed by atoms with Crippen LogP contribution in [-0.4, -0.2) is 35.9 Å². The molecular formula is C23H28Cl2N2O3.